The zero-order valence-corrected chi connectivity index (χ0v) is 16.6. The first kappa shape index (κ1) is 20.2. The van der Waals surface area contributed by atoms with Gasteiger partial charge in [-0.05, 0) is 48.9 Å². The van der Waals surface area contributed by atoms with Crippen LogP contribution in [0.1, 0.15) is 19.4 Å². The number of phenols is 1. The number of aromatic hydroxyl groups is 1. The van der Waals surface area contributed by atoms with Gasteiger partial charge in [-0.25, -0.2) is 5.43 Å². The average molecular weight is 391 g/mol. The quantitative estimate of drug-likeness (QED) is 0.451. The second-order valence-electron chi connectivity index (χ2n) is 6.51. The van der Waals surface area contributed by atoms with Gasteiger partial charge in [0.05, 0.1) is 6.21 Å². The van der Waals surface area contributed by atoms with Gasteiger partial charge in [-0.3, -0.25) is 4.79 Å². The number of nitrogens with zero attached hydrogens (tertiary/aromatic N) is 2. The van der Waals surface area contributed by atoms with E-state index >= 15 is 0 Å². The Bertz CT molecular complexity index is 1010. The number of hydrogen-bond acceptors (Lipinski definition) is 5. The van der Waals surface area contributed by atoms with Crippen LogP contribution in [0.15, 0.2) is 65.8 Å². The minimum absolute atomic E-state index is 0.111. The molecule has 1 amide bonds. The van der Waals surface area contributed by atoms with E-state index in [1.165, 1.54) is 6.21 Å². The van der Waals surface area contributed by atoms with E-state index < -0.39 is 0 Å². The molecular formula is C23H25N3O3. The predicted octanol–water partition coefficient (Wildman–Crippen LogP) is 3.92. The molecule has 0 aromatic heterocycles. The Morgan fingerprint density at radius 3 is 2.55 bits per heavy atom. The zero-order valence-electron chi connectivity index (χ0n) is 16.6. The maximum atomic E-state index is 12.0. The van der Waals surface area contributed by atoms with Gasteiger partial charge in [0, 0.05) is 30.4 Å². The fraction of sp³-hybridized carbons (Fsp3) is 0.217. The average Bonchev–Trinajstić information content (AvgIpc) is 2.74. The molecule has 3 aromatic rings. The van der Waals surface area contributed by atoms with Gasteiger partial charge in [0.25, 0.3) is 5.91 Å². The SMILES string of the molecule is CCN(CC)c1ccc(/C=N\NC(=O)COc2ccc3ccccc3c2)c(O)c1. The Labute approximate surface area is 170 Å². The van der Waals surface area contributed by atoms with Gasteiger partial charge in [0.2, 0.25) is 0 Å². The Morgan fingerprint density at radius 2 is 1.83 bits per heavy atom. The summed E-state index contributed by atoms with van der Waals surface area (Å²) in [5.74, 6) is 0.348. The van der Waals surface area contributed by atoms with Gasteiger partial charge in [-0.2, -0.15) is 5.10 Å². The predicted molar refractivity (Wildman–Crippen MR) is 117 cm³/mol. The Hall–Kier alpha value is -3.54. The Kier molecular flexibility index (Phi) is 6.68. The molecule has 0 radical (unpaired) electrons. The van der Waals surface area contributed by atoms with E-state index in [0.29, 0.717) is 11.3 Å². The molecule has 0 unspecified atom stereocenters. The molecule has 6 heteroatoms. The van der Waals surface area contributed by atoms with E-state index in [9.17, 15) is 9.90 Å². The van der Waals surface area contributed by atoms with Crippen LogP contribution in [0.25, 0.3) is 10.8 Å². The Morgan fingerprint density at radius 1 is 1.07 bits per heavy atom. The van der Waals surface area contributed by atoms with Crippen LogP contribution in [0.3, 0.4) is 0 Å². The number of benzene rings is 3. The van der Waals surface area contributed by atoms with Gasteiger partial charge in [0.1, 0.15) is 11.5 Å². The molecule has 3 rings (SSSR count). The van der Waals surface area contributed by atoms with Crippen molar-refractivity contribution >= 4 is 28.6 Å². The summed E-state index contributed by atoms with van der Waals surface area (Å²) < 4.78 is 5.53. The molecule has 0 aliphatic heterocycles. The van der Waals surface area contributed by atoms with Crippen LogP contribution in [-0.2, 0) is 4.79 Å². The second-order valence-corrected chi connectivity index (χ2v) is 6.51. The van der Waals surface area contributed by atoms with E-state index in [4.69, 9.17) is 4.74 Å². The van der Waals surface area contributed by atoms with Crippen LogP contribution >= 0.6 is 0 Å². The number of ether oxygens (including phenoxy) is 1. The van der Waals surface area contributed by atoms with Crippen molar-refractivity contribution < 1.29 is 14.6 Å². The van der Waals surface area contributed by atoms with Crippen molar-refractivity contribution in [3.05, 3.63) is 66.2 Å². The van der Waals surface area contributed by atoms with Gasteiger partial charge in [-0.1, -0.05) is 30.3 Å². The van der Waals surface area contributed by atoms with Crippen LogP contribution in [0.2, 0.25) is 0 Å². The van der Waals surface area contributed by atoms with Crippen molar-refractivity contribution in [2.24, 2.45) is 5.10 Å². The second kappa shape index (κ2) is 9.59. The maximum absolute atomic E-state index is 12.0. The molecule has 0 heterocycles. The number of phenolic OH excluding ortho intramolecular Hbond substituents is 1. The fourth-order valence-electron chi connectivity index (χ4n) is 3.04. The van der Waals surface area contributed by atoms with Crippen LogP contribution in [0.5, 0.6) is 11.5 Å². The van der Waals surface area contributed by atoms with E-state index in [-0.39, 0.29) is 18.3 Å². The van der Waals surface area contributed by atoms with Crippen molar-refractivity contribution in [1.82, 2.24) is 5.43 Å². The minimum atomic E-state index is -0.381. The highest BCUT2D eigenvalue weighted by Crippen LogP contribution is 2.23. The smallest absolute Gasteiger partial charge is 0.277 e. The number of amides is 1. The lowest BCUT2D eigenvalue weighted by Crippen LogP contribution is -2.24. The van der Waals surface area contributed by atoms with Crippen LogP contribution < -0.4 is 15.1 Å². The molecule has 29 heavy (non-hydrogen) atoms. The van der Waals surface area contributed by atoms with E-state index in [0.717, 1.165) is 29.5 Å². The summed E-state index contributed by atoms with van der Waals surface area (Å²) in [4.78, 5) is 14.1. The topological polar surface area (TPSA) is 74.2 Å². The van der Waals surface area contributed by atoms with Crippen molar-refractivity contribution in [3.63, 3.8) is 0 Å². The first-order valence-electron chi connectivity index (χ1n) is 9.62. The van der Waals surface area contributed by atoms with Crippen molar-refractivity contribution in [2.75, 3.05) is 24.6 Å². The molecule has 0 aliphatic rings. The lowest BCUT2D eigenvalue weighted by atomic mass is 10.1. The summed E-state index contributed by atoms with van der Waals surface area (Å²) in [6.07, 6.45) is 1.41. The molecule has 0 spiro atoms. The van der Waals surface area contributed by atoms with Gasteiger partial charge in [-0.15, -0.1) is 0 Å². The normalized spacial score (nSPS) is 11.0. The molecule has 0 bridgehead atoms. The number of carbonyl (C=O) groups excluding carboxylic acids is 1. The number of hydrogen-bond donors (Lipinski definition) is 2. The summed E-state index contributed by atoms with van der Waals surface area (Å²) in [6, 6.07) is 19.0. The highest BCUT2D eigenvalue weighted by molar-refractivity contribution is 5.86. The lowest BCUT2D eigenvalue weighted by Gasteiger charge is -2.21. The number of hydrazone groups is 1. The standard InChI is InChI=1S/C23H25N3O3/c1-3-26(4-2)20-11-9-19(22(27)14-20)15-24-25-23(28)16-29-21-12-10-17-7-5-6-8-18(17)13-21/h5-15,27H,3-4,16H2,1-2H3,(H,25,28)/b24-15-. The van der Waals surface area contributed by atoms with Gasteiger partial charge >= 0.3 is 0 Å². The highest BCUT2D eigenvalue weighted by Gasteiger charge is 2.06. The van der Waals surface area contributed by atoms with Crippen LogP contribution in [0.4, 0.5) is 5.69 Å². The van der Waals surface area contributed by atoms with E-state index in [1.807, 2.05) is 48.5 Å². The molecule has 2 N–H and O–H groups in total. The van der Waals surface area contributed by atoms with Gasteiger partial charge < -0.3 is 14.7 Å². The molecule has 0 saturated carbocycles. The minimum Gasteiger partial charge on any atom is -0.507 e. The van der Waals surface area contributed by atoms with Crippen LogP contribution in [-0.4, -0.2) is 36.9 Å². The lowest BCUT2D eigenvalue weighted by molar-refractivity contribution is -0.123. The summed E-state index contributed by atoms with van der Waals surface area (Å²) in [5, 5.41) is 16.2. The molecule has 150 valence electrons. The monoisotopic (exact) mass is 391 g/mol. The highest BCUT2D eigenvalue weighted by atomic mass is 16.5. The first-order chi connectivity index (χ1) is 14.1. The molecule has 0 saturated heterocycles. The summed E-state index contributed by atoms with van der Waals surface area (Å²) in [6.45, 7) is 5.69. The molecular weight excluding hydrogens is 366 g/mol. The summed E-state index contributed by atoms with van der Waals surface area (Å²) >= 11 is 0. The van der Waals surface area contributed by atoms with E-state index in [2.05, 4.69) is 29.3 Å². The van der Waals surface area contributed by atoms with Crippen molar-refractivity contribution in [1.29, 1.82) is 0 Å². The van der Waals surface area contributed by atoms with Gasteiger partial charge in [0.15, 0.2) is 6.61 Å². The van der Waals surface area contributed by atoms with Crippen LogP contribution in [0, 0.1) is 0 Å². The molecule has 0 atom stereocenters. The fourth-order valence-corrected chi connectivity index (χ4v) is 3.04. The third kappa shape index (κ3) is 5.25. The largest absolute Gasteiger partial charge is 0.507 e. The van der Waals surface area contributed by atoms with Crippen molar-refractivity contribution in [3.8, 4) is 11.5 Å². The molecule has 3 aromatic carbocycles. The summed E-state index contributed by atoms with van der Waals surface area (Å²) in [5.41, 5.74) is 3.88. The number of rotatable bonds is 8. The van der Waals surface area contributed by atoms with E-state index in [1.54, 1.807) is 12.1 Å². The first-order valence-corrected chi connectivity index (χ1v) is 9.62. The molecule has 0 aliphatic carbocycles. The number of fused-ring (bicyclic) bond motifs is 1. The number of anilines is 1. The third-order valence-corrected chi connectivity index (χ3v) is 4.63. The maximum Gasteiger partial charge on any atom is 0.277 e. The van der Waals surface area contributed by atoms with Crippen molar-refractivity contribution in [2.45, 2.75) is 13.8 Å². The zero-order chi connectivity index (χ0) is 20.6. The number of carbonyl (C=O) groups is 1. The number of nitrogens with one attached hydrogen (secondary N) is 1. The Balaban J connectivity index is 1.53. The molecule has 0 fully saturated rings. The molecule has 6 nitrogen and oxygen atoms in total. The third-order valence-electron chi connectivity index (χ3n) is 4.63. The summed E-state index contributed by atoms with van der Waals surface area (Å²) in [7, 11) is 0.